The fourth-order valence-corrected chi connectivity index (χ4v) is 1.91. The van der Waals surface area contributed by atoms with Gasteiger partial charge in [0.2, 0.25) is 0 Å². The Morgan fingerprint density at radius 2 is 2.10 bits per heavy atom. The molecule has 0 aliphatic carbocycles. The van der Waals surface area contributed by atoms with Gasteiger partial charge in [-0.1, -0.05) is 17.7 Å². The van der Waals surface area contributed by atoms with Crippen molar-refractivity contribution in [2.24, 2.45) is 0 Å². The number of para-hydroxylation sites is 1. The summed E-state index contributed by atoms with van der Waals surface area (Å²) in [6, 6.07) is 7.98. The van der Waals surface area contributed by atoms with E-state index in [0.717, 1.165) is 6.07 Å². The maximum atomic E-state index is 13.6. The minimum Gasteiger partial charge on any atom is -0.508 e. The zero-order chi connectivity index (χ0) is 14.7. The van der Waals surface area contributed by atoms with Crippen LogP contribution in [0, 0.1) is 15.9 Å². The van der Waals surface area contributed by atoms with Gasteiger partial charge in [0.25, 0.3) is 5.69 Å². The Hall–Kier alpha value is -2.34. The molecule has 5 nitrogen and oxygen atoms in total. The first-order chi connectivity index (χ1) is 9.49. The van der Waals surface area contributed by atoms with E-state index in [2.05, 4.69) is 5.32 Å². The van der Waals surface area contributed by atoms with Crippen LogP contribution >= 0.6 is 11.6 Å². The second kappa shape index (κ2) is 5.75. The first-order valence-electron chi connectivity index (χ1n) is 5.63. The maximum absolute atomic E-state index is 13.6. The van der Waals surface area contributed by atoms with Crippen LogP contribution in [0.4, 0.5) is 15.8 Å². The van der Waals surface area contributed by atoms with E-state index in [-0.39, 0.29) is 23.7 Å². The van der Waals surface area contributed by atoms with Crippen LogP contribution in [0.5, 0.6) is 5.75 Å². The van der Waals surface area contributed by atoms with Gasteiger partial charge in [0.05, 0.1) is 4.92 Å². The number of nitro groups is 1. The van der Waals surface area contributed by atoms with Gasteiger partial charge in [0, 0.05) is 23.2 Å². The number of hydrogen-bond acceptors (Lipinski definition) is 4. The van der Waals surface area contributed by atoms with Crippen molar-refractivity contribution >= 4 is 23.0 Å². The lowest BCUT2D eigenvalue weighted by molar-refractivity contribution is -0.384. The Morgan fingerprint density at radius 1 is 1.35 bits per heavy atom. The number of anilines is 1. The number of phenols is 1. The number of aromatic hydroxyl groups is 1. The summed E-state index contributed by atoms with van der Waals surface area (Å²) in [6.07, 6.45) is 0. The Kier molecular flexibility index (Phi) is 4.05. The summed E-state index contributed by atoms with van der Waals surface area (Å²) in [5, 5.41) is 23.5. The van der Waals surface area contributed by atoms with Crippen LogP contribution in [0.3, 0.4) is 0 Å². The second-order valence-electron chi connectivity index (χ2n) is 4.02. The number of hydrogen-bond donors (Lipinski definition) is 2. The molecule has 0 aromatic heterocycles. The first kappa shape index (κ1) is 14.1. The van der Waals surface area contributed by atoms with Crippen molar-refractivity contribution in [3.05, 3.63) is 62.9 Å². The summed E-state index contributed by atoms with van der Waals surface area (Å²) in [4.78, 5) is 10.2. The van der Waals surface area contributed by atoms with Gasteiger partial charge in [-0.2, -0.15) is 0 Å². The van der Waals surface area contributed by atoms with Gasteiger partial charge < -0.3 is 10.4 Å². The zero-order valence-corrected chi connectivity index (χ0v) is 10.9. The molecule has 0 heterocycles. The van der Waals surface area contributed by atoms with Gasteiger partial charge in [-0.3, -0.25) is 10.1 Å². The molecule has 0 aliphatic rings. The molecule has 2 N–H and O–H groups in total. The molecule has 0 saturated heterocycles. The largest absolute Gasteiger partial charge is 0.508 e. The highest BCUT2D eigenvalue weighted by Gasteiger charge is 2.17. The van der Waals surface area contributed by atoms with E-state index in [4.69, 9.17) is 11.6 Å². The van der Waals surface area contributed by atoms with E-state index in [0.29, 0.717) is 10.6 Å². The molecule has 2 aromatic carbocycles. The molecule has 0 aliphatic heterocycles. The summed E-state index contributed by atoms with van der Waals surface area (Å²) >= 11 is 5.79. The van der Waals surface area contributed by atoms with Gasteiger partial charge >= 0.3 is 0 Å². The number of nitrogens with one attached hydrogen (secondary N) is 1. The lowest BCUT2D eigenvalue weighted by Gasteiger charge is -2.09. The van der Waals surface area contributed by atoms with E-state index in [1.54, 1.807) is 0 Å². The zero-order valence-electron chi connectivity index (χ0n) is 10.1. The number of benzene rings is 2. The third-order valence-corrected chi connectivity index (χ3v) is 2.92. The van der Waals surface area contributed by atoms with Crippen LogP contribution in [-0.4, -0.2) is 10.0 Å². The molecule has 104 valence electrons. The van der Waals surface area contributed by atoms with Crippen molar-refractivity contribution in [3.8, 4) is 5.75 Å². The molecule has 0 spiro atoms. The standard InChI is InChI=1S/C13H10ClFN2O3/c14-9-4-5-12(18)8(6-9)7-16-13-10(15)2-1-3-11(13)17(19)20/h1-6,16,18H,7H2. The molecule has 20 heavy (non-hydrogen) atoms. The van der Waals surface area contributed by atoms with Crippen molar-refractivity contribution in [3.63, 3.8) is 0 Å². The van der Waals surface area contributed by atoms with Gasteiger partial charge in [-0.15, -0.1) is 0 Å². The molecule has 2 aromatic rings. The number of rotatable bonds is 4. The Balaban J connectivity index is 2.27. The fourth-order valence-electron chi connectivity index (χ4n) is 1.72. The van der Waals surface area contributed by atoms with Crippen LogP contribution in [0.15, 0.2) is 36.4 Å². The van der Waals surface area contributed by atoms with E-state index in [1.165, 1.54) is 30.3 Å². The number of halogens is 2. The molecule has 0 atom stereocenters. The third-order valence-electron chi connectivity index (χ3n) is 2.69. The Labute approximate surface area is 118 Å². The van der Waals surface area contributed by atoms with Gasteiger partial charge in [0.1, 0.15) is 11.4 Å². The number of nitro benzene ring substituents is 1. The molecule has 0 amide bonds. The monoisotopic (exact) mass is 296 g/mol. The number of phenolic OH excluding ortho intramolecular Hbond substituents is 1. The normalized spacial score (nSPS) is 10.3. The SMILES string of the molecule is O=[N+]([O-])c1cccc(F)c1NCc1cc(Cl)ccc1O. The lowest BCUT2D eigenvalue weighted by Crippen LogP contribution is -2.05. The van der Waals surface area contributed by atoms with Crippen molar-refractivity contribution in [1.82, 2.24) is 0 Å². The third kappa shape index (κ3) is 2.97. The first-order valence-corrected chi connectivity index (χ1v) is 6.01. The number of nitrogens with zero attached hydrogens (tertiary/aromatic N) is 1. The molecular weight excluding hydrogens is 287 g/mol. The van der Waals surface area contributed by atoms with Crippen molar-refractivity contribution < 1.29 is 14.4 Å². The van der Waals surface area contributed by atoms with Crippen LogP contribution in [0.25, 0.3) is 0 Å². The molecule has 0 fully saturated rings. The minimum atomic E-state index is -0.735. The molecule has 2 rings (SSSR count). The highest BCUT2D eigenvalue weighted by Crippen LogP contribution is 2.29. The molecule has 7 heteroatoms. The molecule has 0 bridgehead atoms. The van der Waals surface area contributed by atoms with Crippen molar-refractivity contribution in [2.75, 3.05) is 5.32 Å². The smallest absolute Gasteiger partial charge is 0.295 e. The average Bonchev–Trinajstić information content (AvgIpc) is 2.40. The summed E-state index contributed by atoms with van der Waals surface area (Å²) in [5.74, 6) is -0.762. The molecule has 0 radical (unpaired) electrons. The van der Waals surface area contributed by atoms with Crippen molar-refractivity contribution in [1.29, 1.82) is 0 Å². The topological polar surface area (TPSA) is 75.4 Å². The van der Waals surface area contributed by atoms with Crippen LogP contribution in [0.2, 0.25) is 5.02 Å². The average molecular weight is 297 g/mol. The predicted octanol–water partition coefficient (Wildman–Crippen LogP) is 3.71. The Bertz CT molecular complexity index is 664. The van der Waals surface area contributed by atoms with E-state index in [9.17, 15) is 19.6 Å². The summed E-state index contributed by atoms with van der Waals surface area (Å²) in [7, 11) is 0. The van der Waals surface area contributed by atoms with E-state index < -0.39 is 10.7 Å². The molecular formula is C13H10ClFN2O3. The minimum absolute atomic E-state index is 0.00810. The van der Waals surface area contributed by atoms with Crippen LogP contribution in [0.1, 0.15) is 5.56 Å². The predicted molar refractivity (Wildman–Crippen MR) is 73.5 cm³/mol. The highest BCUT2D eigenvalue weighted by molar-refractivity contribution is 6.30. The Morgan fingerprint density at radius 3 is 2.80 bits per heavy atom. The van der Waals surface area contributed by atoms with Gasteiger partial charge in [0.15, 0.2) is 5.82 Å². The quantitative estimate of drug-likeness (QED) is 0.666. The second-order valence-corrected chi connectivity index (χ2v) is 4.45. The fraction of sp³-hybridized carbons (Fsp3) is 0.0769. The lowest BCUT2D eigenvalue weighted by atomic mass is 10.2. The van der Waals surface area contributed by atoms with Crippen molar-refractivity contribution in [2.45, 2.75) is 6.54 Å². The van der Waals surface area contributed by atoms with Crippen LogP contribution < -0.4 is 5.32 Å². The summed E-state index contributed by atoms with van der Waals surface area (Å²) in [5.41, 5.74) is -0.182. The van der Waals surface area contributed by atoms with E-state index in [1.807, 2.05) is 0 Å². The summed E-state index contributed by atoms with van der Waals surface area (Å²) in [6.45, 7) is 0.00810. The molecule has 0 saturated carbocycles. The highest BCUT2D eigenvalue weighted by atomic mass is 35.5. The van der Waals surface area contributed by atoms with E-state index >= 15 is 0 Å². The van der Waals surface area contributed by atoms with Gasteiger partial charge in [-0.25, -0.2) is 4.39 Å². The molecule has 0 unspecified atom stereocenters. The van der Waals surface area contributed by atoms with Crippen LogP contribution in [-0.2, 0) is 6.54 Å². The van der Waals surface area contributed by atoms with Gasteiger partial charge in [-0.05, 0) is 24.3 Å². The maximum Gasteiger partial charge on any atom is 0.295 e. The summed E-state index contributed by atoms with van der Waals surface area (Å²) < 4.78 is 13.6.